The monoisotopic (exact) mass is 399 g/mol. The van der Waals surface area contributed by atoms with Gasteiger partial charge in [0.1, 0.15) is 11.2 Å². The van der Waals surface area contributed by atoms with E-state index in [1.807, 2.05) is 30.9 Å². The number of fused-ring (bicyclic) bond motifs is 1. The van der Waals surface area contributed by atoms with Crippen LogP contribution in [0.5, 0.6) is 0 Å². The summed E-state index contributed by atoms with van der Waals surface area (Å²) in [5, 5.41) is 21.8. The largest absolute Gasteiger partial charge is 0.394 e. The van der Waals surface area contributed by atoms with E-state index in [2.05, 4.69) is 28.9 Å². The summed E-state index contributed by atoms with van der Waals surface area (Å²) >= 11 is 0. The highest BCUT2D eigenvalue weighted by atomic mass is 16.3. The van der Waals surface area contributed by atoms with Crippen LogP contribution < -0.4 is 16.2 Å². The molecule has 9 heteroatoms. The summed E-state index contributed by atoms with van der Waals surface area (Å²) in [6.07, 6.45) is 3.87. The van der Waals surface area contributed by atoms with Crippen molar-refractivity contribution in [3.05, 3.63) is 22.6 Å². The van der Waals surface area contributed by atoms with Gasteiger partial charge in [0.25, 0.3) is 5.56 Å². The zero-order valence-corrected chi connectivity index (χ0v) is 17.4. The molecular formula is C20H29N7O2. The Hall–Kier alpha value is -2.81. The molecule has 29 heavy (non-hydrogen) atoms. The highest BCUT2D eigenvalue weighted by molar-refractivity contribution is 5.97. The quantitative estimate of drug-likeness (QED) is 0.603. The van der Waals surface area contributed by atoms with Crippen LogP contribution in [0.2, 0.25) is 0 Å². The third kappa shape index (κ3) is 3.09. The summed E-state index contributed by atoms with van der Waals surface area (Å²) in [5.74, 6) is 1.43. The summed E-state index contributed by atoms with van der Waals surface area (Å²) in [7, 11) is 1.90. The van der Waals surface area contributed by atoms with Crippen molar-refractivity contribution >= 4 is 22.5 Å². The van der Waals surface area contributed by atoms with Crippen LogP contribution in [0.25, 0.3) is 22.2 Å². The van der Waals surface area contributed by atoms with Crippen molar-refractivity contribution in [2.75, 3.05) is 23.8 Å². The molecule has 0 aliphatic carbocycles. The number of nitrogens with two attached hydrogens (primary N) is 1. The first-order valence-corrected chi connectivity index (χ1v) is 10.1. The normalized spacial score (nSPS) is 18.3. The Morgan fingerprint density at radius 2 is 2.14 bits per heavy atom. The van der Waals surface area contributed by atoms with E-state index in [0.717, 1.165) is 36.5 Å². The molecule has 0 aromatic carbocycles. The smallest absolute Gasteiger partial charge is 0.264 e. The number of pyridine rings is 1. The lowest BCUT2D eigenvalue weighted by atomic mass is 10.0. The lowest BCUT2D eigenvalue weighted by Crippen LogP contribution is -2.33. The van der Waals surface area contributed by atoms with Crippen LogP contribution in [0.15, 0.2) is 17.1 Å². The summed E-state index contributed by atoms with van der Waals surface area (Å²) < 4.78 is 3.56. The number of hydrogen-bond donors (Lipinski definition) is 3. The third-order valence-corrected chi connectivity index (χ3v) is 6.20. The number of aliphatic hydroxyl groups excluding tert-OH is 1. The summed E-state index contributed by atoms with van der Waals surface area (Å²) in [6.45, 7) is 7.21. The van der Waals surface area contributed by atoms with Crippen molar-refractivity contribution in [2.24, 2.45) is 13.0 Å². The number of nitrogens with zero attached hydrogens (tertiary/aromatic N) is 5. The molecule has 1 saturated heterocycles. The van der Waals surface area contributed by atoms with Crippen molar-refractivity contribution < 1.29 is 5.11 Å². The van der Waals surface area contributed by atoms with Gasteiger partial charge in [0, 0.05) is 37.5 Å². The van der Waals surface area contributed by atoms with Gasteiger partial charge in [-0.1, -0.05) is 13.8 Å². The van der Waals surface area contributed by atoms with Gasteiger partial charge in [-0.2, -0.15) is 10.2 Å². The minimum Gasteiger partial charge on any atom is -0.394 e. The Morgan fingerprint density at radius 3 is 2.83 bits per heavy atom. The number of nitrogens with one attached hydrogen (secondary N) is 1. The molecule has 2 atom stereocenters. The maximum atomic E-state index is 13.1. The molecule has 1 fully saturated rings. The summed E-state index contributed by atoms with van der Waals surface area (Å²) in [5.41, 5.74) is 8.01. The molecule has 4 rings (SSSR count). The van der Waals surface area contributed by atoms with Gasteiger partial charge in [-0.05, 0) is 25.7 Å². The molecule has 0 amide bonds. The second-order valence-corrected chi connectivity index (χ2v) is 8.28. The molecule has 0 bridgehead atoms. The van der Waals surface area contributed by atoms with E-state index in [0.29, 0.717) is 10.9 Å². The van der Waals surface area contributed by atoms with Crippen molar-refractivity contribution in [1.29, 1.82) is 0 Å². The van der Waals surface area contributed by atoms with Crippen LogP contribution in [0.1, 0.15) is 39.7 Å². The molecule has 1 aliphatic rings. The lowest BCUT2D eigenvalue weighted by Gasteiger charge is -2.24. The number of nitrogen functional groups attached to an aromatic ring is 1. The first kappa shape index (κ1) is 19.5. The van der Waals surface area contributed by atoms with Gasteiger partial charge in [-0.25, -0.2) is 0 Å². The van der Waals surface area contributed by atoms with Crippen molar-refractivity contribution in [3.8, 4) is 11.3 Å². The molecule has 3 aromatic heterocycles. The fourth-order valence-corrected chi connectivity index (χ4v) is 4.16. The molecule has 1 aliphatic heterocycles. The van der Waals surface area contributed by atoms with E-state index >= 15 is 0 Å². The van der Waals surface area contributed by atoms with Gasteiger partial charge >= 0.3 is 0 Å². The van der Waals surface area contributed by atoms with Gasteiger partial charge in [-0.15, -0.1) is 0 Å². The van der Waals surface area contributed by atoms with E-state index in [-0.39, 0.29) is 36.0 Å². The molecular weight excluding hydrogens is 370 g/mol. The van der Waals surface area contributed by atoms with Gasteiger partial charge < -0.3 is 20.3 Å². The number of aryl methyl sites for hydroxylation is 1. The Labute approximate surface area is 169 Å². The predicted molar refractivity (Wildman–Crippen MR) is 114 cm³/mol. The van der Waals surface area contributed by atoms with E-state index in [4.69, 9.17) is 10.8 Å². The van der Waals surface area contributed by atoms with E-state index in [1.54, 1.807) is 4.57 Å². The number of H-pyrrole nitrogens is 1. The Balaban J connectivity index is 1.90. The second kappa shape index (κ2) is 7.22. The molecule has 0 saturated carbocycles. The van der Waals surface area contributed by atoms with Crippen LogP contribution >= 0.6 is 0 Å². The minimum absolute atomic E-state index is 0.000448. The summed E-state index contributed by atoms with van der Waals surface area (Å²) in [6, 6.07) is 2.12. The fraction of sp³-hybridized carbons (Fsp3) is 0.550. The van der Waals surface area contributed by atoms with E-state index in [1.165, 1.54) is 0 Å². The number of anilines is 2. The number of aliphatic hydroxyl groups is 1. The molecule has 3 aromatic rings. The zero-order chi connectivity index (χ0) is 20.9. The van der Waals surface area contributed by atoms with Gasteiger partial charge in [0.2, 0.25) is 0 Å². The predicted octanol–water partition coefficient (Wildman–Crippen LogP) is 1.89. The van der Waals surface area contributed by atoms with Crippen molar-refractivity contribution in [1.82, 2.24) is 24.5 Å². The number of aromatic nitrogens is 5. The minimum atomic E-state index is -0.146. The maximum absolute atomic E-state index is 13.1. The van der Waals surface area contributed by atoms with E-state index < -0.39 is 0 Å². The van der Waals surface area contributed by atoms with E-state index in [9.17, 15) is 9.90 Å². The average molecular weight is 399 g/mol. The van der Waals surface area contributed by atoms with Crippen LogP contribution in [0, 0.1) is 5.92 Å². The third-order valence-electron chi connectivity index (χ3n) is 6.20. The fourth-order valence-electron chi connectivity index (χ4n) is 4.16. The molecule has 1 unspecified atom stereocenters. The highest BCUT2D eigenvalue weighted by Gasteiger charge is 2.28. The number of hydrogen-bond acceptors (Lipinski definition) is 6. The van der Waals surface area contributed by atoms with Crippen molar-refractivity contribution in [2.45, 2.75) is 45.7 Å². The van der Waals surface area contributed by atoms with Crippen molar-refractivity contribution in [3.63, 3.8) is 0 Å². The zero-order valence-electron chi connectivity index (χ0n) is 17.4. The molecule has 9 nitrogen and oxygen atoms in total. The average Bonchev–Trinajstić information content (AvgIpc) is 3.40. The van der Waals surface area contributed by atoms with Crippen LogP contribution in [0.4, 0.5) is 11.6 Å². The Bertz CT molecular complexity index is 1090. The topological polar surface area (TPSA) is 118 Å². The SMILES string of the molecule is CC(C)C(C)n1cc(-c2cc(N3CCC[C@@H]3CO)n(C)n2)c2[nH]nc(N)c2c1=O. The Morgan fingerprint density at radius 1 is 1.38 bits per heavy atom. The molecule has 4 heterocycles. The molecule has 0 spiro atoms. The highest BCUT2D eigenvalue weighted by Crippen LogP contribution is 2.33. The molecule has 4 N–H and O–H groups in total. The van der Waals surface area contributed by atoms with Crippen LogP contribution in [0.3, 0.4) is 0 Å². The number of aromatic amines is 1. The second-order valence-electron chi connectivity index (χ2n) is 8.28. The van der Waals surface area contributed by atoms with Crippen LogP contribution in [-0.4, -0.2) is 48.8 Å². The molecule has 0 radical (unpaired) electrons. The van der Waals surface area contributed by atoms with Crippen LogP contribution in [-0.2, 0) is 7.05 Å². The first-order valence-electron chi connectivity index (χ1n) is 10.1. The molecule has 156 valence electrons. The standard InChI is InChI=1S/C20H29N7O2/c1-11(2)12(3)27-9-14(18-17(20(27)29)19(21)23-22-18)15-8-16(25(4)24-15)26-7-5-6-13(26)10-28/h8-9,11-13,28H,5-7,10H2,1-4H3,(H3,21,22,23)/t12?,13-/m1/s1. The lowest BCUT2D eigenvalue weighted by molar-refractivity contribution is 0.265. The Kier molecular flexibility index (Phi) is 4.85. The maximum Gasteiger partial charge on any atom is 0.264 e. The van der Waals surface area contributed by atoms with Gasteiger partial charge in [-0.3, -0.25) is 14.6 Å². The first-order chi connectivity index (χ1) is 13.8. The van der Waals surface area contributed by atoms with Gasteiger partial charge in [0.15, 0.2) is 5.82 Å². The summed E-state index contributed by atoms with van der Waals surface area (Å²) in [4.78, 5) is 15.3. The van der Waals surface area contributed by atoms with Gasteiger partial charge in [0.05, 0.1) is 23.9 Å². The number of rotatable bonds is 5.